The quantitative estimate of drug-likeness (QED) is 0.728. The van der Waals surface area contributed by atoms with Crippen molar-refractivity contribution in [3.63, 3.8) is 0 Å². The molecule has 0 aromatic heterocycles. The van der Waals surface area contributed by atoms with E-state index in [0.29, 0.717) is 18.8 Å². The van der Waals surface area contributed by atoms with Crippen LogP contribution in [0, 0.1) is 5.82 Å². The minimum absolute atomic E-state index is 0.101. The lowest BCUT2D eigenvalue weighted by molar-refractivity contribution is 0.269. The van der Waals surface area contributed by atoms with Crippen LogP contribution in [0.3, 0.4) is 0 Å². The fourth-order valence-corrected chi connectivity index (χ4v) is 5.13. The molecular formula is C18H24FN3O2S. The lowest BCUT2D eigenvalue weighted by atomic mass is 10.1. The normalized spacial score (nSPS) is 19.3. The highest BCUT2D eigenvalue weighted by molar-refractivity contribution is 8.23. The molecule has 1 heterocycles. The van der Waals surface area contributed by atoms with E-state index in [1.807, 2.05) is 25.1 Å². The van der Waals surface area contributed by atoms with Gasteiger partial charge in [0.1, 0.15) is 5.82 Å². The predicted molar refractivity (Wildman–Crippen MR) is 101 cm³/mol. The summed E-state index contributed by atoms with van der Waals surface area (Å²) in [6, 6.07) is 13.5. The van der Waals surface area contributed by atoms with Crippen LogP contribution >= 0.6 is 11.0 Å². The van der Waals surface area contributed by atoms with Gasteiger partial charge in [-0.1, -0.05) is 30.3 Å². The number of nitrogens with zero attached hydrogens (tertiary/aromatic N) is 2. The summed E-state index contributed by atoms with van der Waals surface area (Å²) in [6.45, 7) is 2.89. The van der Waals surface area contributed by atoms with Crippen molar-refractivity contribution in [1.82, 2.24) is 4.31 Å². The minimum atomic E-state index is -3.40. The molecule has 0 aliphatic carbocycles. The summed E-state index contributed by atoms with van der Waals surface area (Å²) in [5.41, 5.74) is 7.30. The predicted octanol–water partition coefficient (Wildman–Crippen LogP) is 4.49. The van der Waals surface area contributed by atoms with Gasteiger partial charge in [0.25, 0.3) is 0 Å². The maximum Gasteiger partial charge on any atom is 0.148 e. The molecule has 136 valence electrons. The second-order valence-electron chi connectivity index (χ2n) is 6.22. The average molecular weight is 365 g/mol. The molecule has 0 fully saturated rings. The fourth-order valence-electron chi connectivity index (χ4n) is 3.17. The number of para-hydroxylation sites is 2. The van der Waals surface area contributed by atoms with Crippen LogP contribution in [0.5, 0.6) is 0 Å². The average Bonchev–Trinajstić information content (AvgIpc) is 2.60. The molecule has 0 spiro atoms. The molecule has 1 unspecified atom stereocenters. The molecule has 0 saturated carbocycles. The van der Waals surface area contributed by atoms with E-state index in [1.54, 1.807) is 28.6 Å². The molecule has 1 atom stereocenters. The van der Waals surface area contributed by atoms with Crippen LogP contribution in [-0.2, 0) is 6.54 Å². The van der Waals surface area contributed by atoms with Gasteiger partial charge in [-0.3, -0.25) is 9.11 Å². The van der Waals surface area contributed by atoms with Crippen molar-refractivity contribution in [3.8, 4) is 0 Å². The van der Waals surface area contributed by atoms with Crippen molar-refractivity contribution in [3.05, 3.63) is 59.9 Å². The third-order valence-electron chi connectivity index (χ3n) is 4.49. The second-order valence-corrected chi connectivity index (χ2v) is 8.03. The van der Waals surface area contributed by atoms with Gasteiger partial charge in [0, 0.05) is 12.6 Å². The zero-order chi connectivity index (χ0) is 18.0. The molecule has 2 aromatic rings. The molecule has 25 heavy (non-hydrogen) atoms. The van der Waals surface area contributed by atoms with Gasteiger partial charge in [-0.25, -0.2) is 8.70 Å². The molecular weight excluding hydrogens is 341 g/mol. The third kappa shape index (κ3) is 3.38. The summed E-state index contributed by atoms with van der Waals surface area (Å²) in [7, 11) is -3.40. The highest BCUT2D eigenvalue weighted by Crippen LogP contribution is 2.59. The molecule has 2 aromatic carbocycles. The summed E-state index contributed by atoms with van der Waals surface area (Å²) >= 11 is 0. The number of fused-ring (bicyclic) bond motifs is 1. The standard InChI is InChI=1S/C18H24FN3O2S/c1-14(7-6-12-20)21-13-15-8-2-4-10-17(15)22(25(21,23)24)18-11-5-3-9-16(18)19/h2-5,8-11,14,23-24H,6-7,12-13,20H2,1H3. The Balaban J connectivity index is 2.09. The molecule has 7 heteroatoms. The van der Waals surface area contributed by atoms with Crippen molar-refractivity contribution in [2.75, 3.05) is 10.8 Å². The van der Waals surface area contributed by atoms with E-state index in [0.717, 1.165) is 18.4 Å². The van der Waals surface area contributed by atoms with Crippen molar-refractivity contribution in [2.45, 2.75) is 32.4 Å². The number of hydrogen-bond acceptors (Lipinski definition) is 5. The van der Waals surface area contributed by atoms with Crippen LogP contribution < -0.4 is 10.0 Å². The Bertz CT molecular complexity index is 744. The second kappa shape index (κ2) is 7.31. The zero-order valence-electron chi connectivity index (χ0n) is 14.2. The van der Waals surface area contributed by atoms with Gasteiger partial charge in [-0.2, -0.15) is 4.31 Å². The Hall–Kier alpha value is -1.64. The largest absolute Gasteiger partial charge is 0.330 e. The molecule has 0 amide bonds. The van der Waals surface area contributed by atoms with Crippen LogP contribution in [0.25, 0.3) is 0 Å². The number of anilines is 2. The first kappa shape index (κ1) is 18.2. The number of benzene rings is 2. The van der Waals surface area contributed by atoms with Gasteiger partial charge < -0.3 is 5.73 Å². The number of rotatable bonds is 5. The highest BCUT2D eigenvalue weighted by Gasteiger charge is 2.40. The van der Waals surface area contributed by atoms with Crippen LogP contribution in [0.1, 0.15) is 25.3 Å². The van der Waals surface area contributed by atoms with E-state index < -0.39 is 16.8 Å². The van der Waals surface area contributed by atoms with Gasteiger partial charge in [0.05, 0.1) is 11.4 Å². The molecule has 1 aliphatic heterocycles. The monoisotopic (exact) mass is 365 g/mol. The summed E-state index contributed by atoms with van der Waals surface area (Å²) in [5, 5.41) is 0. The lowest BCUT2D eigenvalue weighted by Gasteiger charge is -2.55. The summed E-state index contributed by atoms with van der Waals surface area (Å²) in [6.07, 6.45) is 1.52. The maximum atomic E-state index is 14.5. The Morgan fingerprint density at radius 2 is 1.76 bits per heavy atom. The number of nitrogens with two attached hydrogens (primary N) is 1. The van der Waals surface area contributed by atoms with Gasteiger partial charge in [-0.15, -0.1) is 0 Å². The third-order valence-corrected chi connectivity index (χ3v) is 6.49. The van der Waals surface area contributed by atoms with Crippen LogP contribution in [0.4, 0.5) is 15.8 Å². The molecule has 0 radical (unpaired) electrons. The Morgan fingerprint density at radius 1 is 1.12 bits per heavy atom. The summed E-state index contributed by atoms with van der Waals surface area (Å²) in [4.78, 5) is 0. The lowest BCUT2D eigenvalue weighted by Crippen LogP contribution is -2.45. The zero-order valence-corrected chi connectivity index (χ0v) is 15.0. The van der Waals surface area contributed by atoms with E-state index in [9.17, 15) is 13.5 Å². The Morgan fingerprint density at radius 3 is 2.44 bits per heavy atom. The number of hydrogen-bond donors (Lipinski definition) is 3. The van der Waals surface area contributed by atoms with Crippen molar-refractivity contribution < 1.29 is 13.5 Å². The van der Waals surface area contributed by atoms with Crippen molar-refractivity contribution in [1.29, 1.82) is 0 Å². The smallest absolute Gasteiger partial charge is 0.148 e. The first-order valence-corrected chi connectivity index (χ1v) is 9.80. The first-order valence-electron chi connectivity index (χ1n) is 8.34. The molecule has 0 saturated heterocycles. The van der Waals surface area contributed by atoms with Crippen LogP contribution in [-0.4, -0.2) is 26.0 Å². The van der Waals surface area contributed by atoms with Crippen molar-refractivity contribution >= 4 is 22.3 Å². The first-order chi connectivity index (χ1) is 12.0. The summed E-state index contributed by atoms with van der Waals surface area (Å²) in [5.74, 6) is -0.492. The summed E-state index contributed by atoms with van der Waals surface area (Å²) < 4.78 is 39.6. The molecule has 5 nitrogen and oxygen atoms in total. The van der Waals surface area contributed by atoms with Gasteiger partial charge >= 0.3 is 0 Å². The van der Waals surface area contributed by atoms with Gasteiger partial charge in [0.15, 0.2) is 0 Å². The fraction of sp³-hybridized carbons (Fsp3) is 0.333. The molecule has 1 aliphatic rings. The van der Waals surface area contributed by atoms with E-state index >= 15 is 0 Å². The van der Waals surface area contributed by atoms with Gasteiger partial charge in [-0.05, 0) is 61.0 Å². The topological polar surface area (TPSA) is 73.0 Å². The minimum Gasteiger partial charge on any atom is -0.330 e. The maximum absolute atomic E-state index is 14.5. The Labute approximate surface area is 149 Å². The van der Waals surface area contributed by atoms with E-state index in [1.165, 1.54) is 10.4 Å². The SMILES string of the molecule is CC(CCCN)N1Cc2ccccc2N(c2ccccc2F)S1(O)O. The van der Waals surface area contributed by atoms with E-state index in [4.69, 9.17) is 5.73 Å². The van der Waals surface area contributed by atoms with E-state index in [2.05, 4.69) is 0 Å². The van der Waals surface area contributed by atoms with Crippen molar-refractivity contribution in [2.24, 2.45) is 5.73 Å². The Kier molecular flexibility index (Phi) is 5.31. The van der Waals surface area contributed by atoms with Crippen LogP contribution in [0.2, 0.25) is 0 Å². The van der Waals surface area contributed by atoms with E-state index in [-0.39, 0.29) is 11.7 Å². The molecule has 3 rings (SSSR count). The van der Waals surface area contributed by atoms with Gasteiger partial charge in [0.2, 0.25) is 0 Å². The molecule has 0 bridgehead atoms. The highest BCUT2D eigenvalue weighted by atomic mass is 32.3. The van der Waals surface area contributed by atoms with Crippen LogP contribution in [0.15, 0.2) is 48.5 Å². The number of halogens is 1. The molecule has 4 N–H and O–H groups in total.